The van der Waals surface area contributed by atoms with Crippen LogP contribution in [-0.2, 0) is 26.3 Å². The van der Waals surface area contributed by atoms with E-state index in [2.05, 4.69) is 20.4 Å². The number of imidazole rings is 1. The number of hydrogen-bond acceptors (Lipinski definition) is 3. The van der Waals surface area contributed by atoms with Gasteiger partial charge >= 0.3 is 6.18 Å². The first kappa shape index (κ1) is 19.0. The van der Waals surface area contributed by atoms with E-state index in [0.717, 1.165) is 67.3 Å². The van der Waals surface area contributed by atoms with Gasteiger partial charge < -0.3 is 4.57 Å². The van der Waals surface area contributed by atoms with Gasteiger partial charge in [0.2, 0.25) is 0 Å². The molecule has 0 aliphatic carbocycles. The lowest BCUT2D eigenvalue weighted by Crippen LogP contribution is -2.45. The van der Waals surface area contributed by atoms with Crippen LogP contribution >= 0.6 is 0 Å². The predicted octanol–water partition coefficient (Wildman–Crippen LogP) is 3.91. The number of para-hydroxylation sites is 2. The van der Waals surface area contributed by atoms with Crippen LogP contribution < -0.4 is 0 Å². The zero-order chi connectivity index (χ0) is 19.7. The van der Waals surface area contributed by atoms with Gasteiger partial charge in [-0.15, -0.1) is 0 Å². The summed E-state index contributed by atoms with van der Waals surface area (Å²) in [7, 11) is 2.05. The van der Waals surface area contributed by atoms with Crippen molar-refractivity contribution in [1.82, 2.24) is 19.4 Å². The summed E-state index contributed by atoms with van der Waals surface area (Å²) in [4.78, 5) is 9.40. The van der Waals surface area contributed by atoms with Gasteiger partial charge in [0.1, 0.15) is 5.82 Å². The van der Waals surface area contributed by atoms with Gasteiger partial charge in [-0.05, 0) is 29.8 Å². The van der Waals surface area contributed by atoms with Crippen LogP contribution in [0.1, 0.15) is 17.0 Å². The Morgan fingerprint density at radius 1 is 0.857 bits per heavy atom. The number of benzene rings is 2. The Balaban J connectivity index is 1.32. The van der Waals surface area contributed by atoms with E-state index in [1.807, 2.05) is 25.2 Å². The molecule has 0 saturated carbocycles. The van der Waals surface area contributed by atoms with E-state index < -0.39 is 11.7 Å². The smallest absolute Gasteiger partial charge is 0.330 e. The SMILES string of the molecule is Cn1c(CN2CCN(Cc3ccc(C(F)(F)F)cc3)CC2)nc2ccccc21. The molecule has 0 radical (unpaired) electrons. The third-order valence-electron chi connectivity index (χ3n) is 5.40. The number of fused-ring (bicyclic) bond motifs is 1. The van der Waals surface area contributed by atoms with Gasteiger partial charge in [-0.25, -0.2) is 4.98 Å². The third kappa shape index (κ3) is 4.05. The zero-order valence-electron chi connectivity index (χ0n) is 15.8. The molecule has 2 aromatic carbocycles. The molecule has 1 saturated heterocycles. The van der Waals surface area contributed by atoms with Crippen molar-refractivity contribution in [3.05, 3.63) is 65.5 Å². The number of alkyl halides is 3. The lowest BCUT2D eigenvalue weighted by molar-refractivity contribution is -0.137. The summed E-state index contributed by atoms with van der Waals surface area (Å²) in [5, 5.41) is 0. The molecule has 1 aliphatic rings. The molecule has 4 nitrogen and oxygen atoms in total. The van der Waals surface area contributed by atoms with Crippen molar-refractivity contribution in [2.45, 2.75) is 19.3 Å². The fourth-order valence-electron chi connectivity index (χ4n) is 3.70. The largest absolute Gasteiger partial charge is 0.416 e. The fourth-order valence-corrected chi connectivity index (χ4v) is 3.70. The predicted molar refractivity (Wildman–Crippen MR) is 103 cm³/mol. The van der Waals surface area contributed by atoms with Crippen molar-refractivity contribution < 1.29 is 13.2 Å². The van der Waals surface area contributed by atoms with Crippen LogP contribution in [0.4, 0.5) is 13.2 Å². The minimum atomic E-state index is -4.28. The number of aromatic nitrogens is 2. The van der Waals surface area contributed by atoms with Crippen LogP contribution in [0.2, 0.25) is 0 Å². The summed E-state index contributed by atoms with van der Waals surface area (Å²) in [6.07, 6.45) is -4.28. The van der Waals surface area contributed by atoms with Crippen LogP contribution in [-0.4, -0.2) is 45.5 Å². The van der Waals surface area contributed by atoms with Gasteiger partial charge in [0.25, 0.3) is 0 Å². The molecule has 0 spiro atoms. The van der Waals surface area contributed by atoms with Gasteiger partial charge in [-0.3, -0.25) is 9.80 Å². The molecule has 148 valence electrons. The van der Waals surface area contributed by atoms with E-state index in [1.165, 1.54) is 0 Å². The first-order valence-electron chi connectivity index (χ1n) is 9.41. The maximum absolute atomic E-state index is 12.7. The van der Waals surface area contributed by atoms with Crippen LogP contribution in [0.5, 0.6) is 0 Å². The fraction of sp³-hybridized carbons (Fsp3) is 0.381. The van der Waals surface area contributed by atoms with Crippen molar-refractivity contribution in [1.29, 1.82) is 0 Å². The molecule has 0 unspecified atom stereocenters. The number of nitrogens with zero attached hydrogens (tertiary/aromatic N) is 4. The van der Waals surface area contributed by atoms with Crippen molar-refractivity contribution in [2.24, 2.45) is 7.05 Å². The molecule has 0 N–H and O–H groups in total. The molecule has 7 heteroatoms. The van der Waals surface area contributed by atoms with Gasteiger partial charge in [-0.2, -0.15) is 13.2 Å². The Hall–Kier alpha value is -2.38. The number of hydrogen-bond donors (Lipinski definition) is 0. The molecule has 4 rings (SSSR count). The summed E-state index contributed by atoms with van der Waals surface area (Å²) in [6, 6.07) is 13.6. The van der Waals surface area contributed by atoms with E-state index in [-0.39, 0.29) is 0 Å². The molecule has 1 aromatic heterocycles. The van der Waals surface area contributed by atoms with E-state index >= 15 is 0 Å². The van der Waals surface area contributed by atoms with Gasteiger partial charge in [-0.1, -0.05) is 24.3 Å². The summed E-state index contributed by atoms with van der Waals surface area (Å²) in [6.45, 7) is 5.11. The highest BCUT2D eigenvalue weighted by atomic mass is 19.4. The van der Waals surface area contributed by atoms with Gasteiger partial charge in [0.15, 0.2) is 0 Å². The highest BCUT2D eigenvalue weighted by Gasteiger charge is 2.30. The molecule has 3 aromatic rings. The summed E-state index contributed by atoms with van der Waals surface area (Å²) < 4.78 is 40.2. The van der Waals surface area contributed by atoms with E-state index in [0.29, 0.717) is 6.54 Å². The highest BCUT2D eigenvalue weighted by Crippen LogP contribution is 2.29. The number of piperazine rings is 1. The van der Waals surface area contributed by atoms with Crippen molar-refractivity contribution in [3.63, 3.8) is 0 Å². The molecule has 2 heterocycles. The highest BCUT2D eigenvalue weighted by molar-refractivity contribution is 5.75. The van der Waals surface area contributed by atoms with Crippen molar-refractivity contribution >= 4 is 11.0 Å². The first-order valence-corrected chi connectivity index (χ1v) is 9.41. The van der Waals surface area contributed by atoms with E-state index in [9.17, 15) is 13.2 Å². The summed E-state index contributed by atoms with van der Waals surface area (Å²) >= 11 is 0. The molecule has 28 heavy (non-hydrogen) atoms. The van der Waals surface area contributed by atoms with Crippen LogP contribution in [0.15, 0.2) is 48.5 Å². The van der Waals surface area contributed by atoms with Crippen LogP contribution in [0.3, 0.4) is 0 Å². The zero-order valence-corrected chi connectivity index (χ0v) is 15.8. The van der Waals surface area contributed by atoms with Gasteiger partial charge in [0, 0.05) is 39.8 Å². The maximum atomic E-state index is 12.7. The quantitative estimate of drug-likeness (QED) is 0.677. The molecular weight excluding hydrogens is 365 g/mol. The Labute approximate surface area is 162 Å². The van der Waals surface area contributed by atoms with Crippen LogP contribution in [0, 0.1) is 0 Å². The molecule has 0 amide bonds. The average Bonchev–Trinajstić information content (AvgIpc) is 2.99. The summed E-state index contributed by atoms with van der Waals surface area (Å²) in [5.41, 5.74) is 2.47. The lowest BCUT2D eigenvalue weighted by Gasteiger charge is -2.34. The van der Waals surface area contributed by atoms with E-state index in [1.54, 1.807) is 12.1 Å². The molecule has 1 fully saturated rings. The minimum Gasteiger partial charge on any atom is -0.330 e. The second-order valence-electron chi connectivity index (χ2n) is 7.32. The number of rotatable bonds is 4. The monoisotopic (exact) mass is 388 g/mol. The molecular formula is C21H23F3N4. The second kappa shape index (κ2) is 7.56. The Bertz CT molecular complexity index is 938. The second-order valence-corrected chi connectivity index (χ2v) is 7.32. The third-order valence-corrected chi connectivity index (χ3v) is 5.40. The number of aryl methyl sites for hydroxylation is 1. The molecule has 0 bridgehead atoms. The molecule has 1 aliphatic heterocycles. The lowest BCUT2D eigenvalue weighted by atomic mass is 10.1. The molecule has 0 atom stereocenters. The number of halogens is 3. The topological polar surface area (TPSA) is 24.3 Å². The normalized spacial score (nSPS) is 16.7. The van der Waals surface area contributed by atoms with E-state index in [4.69, 9.17) is 4.98 Å². The maximum Gasteiger partial charge on any atom is 0.416 e. The minimum absolute atomic E-state index is 0.594. The summed E-state index contributed by atoms with van der Waals surface area (Å²) in [5.74, 6) is 1.05. The first-order chi connectivity index (χ1) is 13.4. The van der Waals surface area contributed by atoms with Gasteiger partial charge in [0.05, 0.1) is 23.1 Å². The Morgan fingerprint density at radius 3 is 2.07 bits per heavy atom. The van der Waals surface area contributed by atoms with Crippen LogP contribution in [0.25, 0.3) is 11.0 Å². The Kier molecular flexibility index (Phi) is 5.12. The Morgan fingerprint density at radius 2 is 1.46 bits per heavy atom. The average molecular weight is 388 g/mol. The van der Waals surface area contributed by atoms with Crippen molar-refractivity contribution in [3.8, 4) is 0 Å². The van der Waals surface area contributed by atoms with Crippen molar-refractivity contribution in [2.75, 3.05) is 26.2 Å². The standard InChI is InChI=1S/C21H23F3N4/c1-26-19-5-3-2-4-18(19)25-20(26)15-28-12-10-27(11-13-28)14-16-6-8-17(9-7-16)21(22,23)24/h2-9H,10-15H2,1H3.